The van der Waals surface area contributed by atoms with Gasteiger partial charge in [-0.3, -0.25) is 0 Å². The minimum Gasteiger partial charge on any atom is -0.327 e. The Labute approximate surface area is 130 Å². The lowest BCUT2D eigenvalue weighted by molar-refractivity contribution is 0.263. The standard InChI is InChI=1S/C15H21Cl2N3/c1-11(2)19(3)8-9-20-14-10-12(17)4-5-13(14)18-15(20)6-7-16/h4-5,10-11H,6-9H2,1-3H3. The minimum absolute atomic E-state index is 0.532. The van der Waals surface area contributed by atoms with Crippen molar-refractivity contribution >= 4 is 34.2 Å². The number of halogens is 2. The monoisotopic (exact) mass is 313 g/mol. The summed E-state index contributed by atoms with van der Waals surface area (Å²) in [6.07, 6.45) is 0.777. The lowest BCUT2D eigenvalue weighted by atomic mass is 10.3. The van der Waals surface area contributed by atoms with E-state index in [1.807, 2.05) is 18.2 Å². The Bertz CT molecular complexity index is 578. The zero-order valence-corrected chi connectivity index (χ0v) is 13.7. The lowest BCUT2D eigenvalue weighted by Gasteiger charge is -2.21. The maximum Gasteiger partial charge on any atom is 0.111 e. The summed E-state index contributed by atoms with van der Waals surface area (Å²) in [6, 6.07) is 6.37. The first-order chi connectivity index (χ1) is 9.52. The number of rotatable bonds is 6. The van der Waals surface area contributed by atoms with Gasteiger partial charge in [0.25, 0.3) is 0 Å². The molecule has 0 saturated carbocycles. The quantitative estimate of drug-likeness (QED) is 0.756. The van der Waals surface area contributed by atoms with Crippen LogP contribution in [0.5, 0.6) is 0 Å². The van der Waals surface area contributed by atoms with Crippen molar-refractivity contribution in [2.24, 2.45) is 0 Å². The van der Waals surface area contributed by atoms with E-state index in [2.05, 4.69) is 35.3 Å². The van der Waals surface area contributed by atoms with Gasteiger partial charge in [0.15, 0.2) is 0 Å². The van der Waals surface area contributed by atoms with Crippen LogP contribution in [0.15, 0.2) is 18.2 Å². The van der Waals surface area contributed by atoms with E-state index in [0.29, 0.717) is 11.9 Å². The molecule has 0 radical (unpaired) electrons. The van der Waals surface area contributed by atoms with Crippen molar-refractivity contribution in [1.82, 2.24) is 14.5 Å². The van der Waals surface area contributed by atoms with Crippen molar-refractivity contribution in [2.75, 3.05) is 19.5 Å². The lowest BCUT2D eigenvalue weighted by Crippen LogP contribution is -2.30. The van der Waals surface area contributed by atoms with Gasteiger partial charge in [0.2, 0.25) is 0 Å². The summed E-state index contributed by atoms with van der Waals surface area (Å²) in [5, 5.41) is 0.744. The number of aromatic nitrogens is 2. The first kappa shape index (κ1) is 15.6. The van der Waals surface area contributed by atoms with Gasteiger partial charge in [-0.2, -0.15) is 0 Å². The van der Waals surface area contributed by atoms with Gasteiger partial charge in [-0.15, -0.1) is 11.6 Å². The van der Waals surface area contributed by atoms with Crippen LogP contribution >= 0.6 is 23.2 Å². The first-order valence-electron chi connectivity index (χ1n) is 6.93. The van der Waals surface area contributed by atoms with Crippen LogP contribution in [0.2, 0.25) is 5.02 Å². The van der Waals surface area contributed by atoms with Gasteiger partial charge >= 0.3 is 0 Å². The average molecular weight is 314 g/mol. The second kappa shape index (κ2) is 6.79. The molecule has 20 heavy (non-hydrogen) atoms. The van der Waals surface area contributed by atoms with E-state index in [1.54, 1.807) is 0 Å². The molecule has 1 heterocycles. The van der Waals surface area contributed by atoms with Gasteiger partial charge in [-0.05, 0) is 39.1 Å². The maximum atomic E-state index is 6.11. The SMILES string of the molecule is CC(C)N(C)CCn1c(CCCl)nc2ccc(Cl)cc21. The summed E-state index contributed by atoms with van der Waals surface area (Å²) in [5.74, 6) is 1.62. The highest BCUT2D eigenvalue weighted by atomic mass is 35.5. The molecule has 0 aliphatic carbocycles. The minimum atomic E-state index is 0.532. The van der Waals surface area contributed by atoms with E-state index in [9.17, 15) is 0 Å². The van der Waals surface area contributed by atoms with Crippen LogP contribution in [0.3, 0.4) is 0 Å². The van der Waals surface area contributed by atoms with Crippen LogP contribution in [0, 0.1) is 0 Å². The van der Waals surface area contributed by atoms with Crippen molar-refractivity contribution in [1.29, 1.82) is 0 Å². The summed E-state index contributed by atoms with van der Waals surface area (Å²) in [4.78, 5) is 6.99. The fourth-order valence-corrected chi connectivity index (χ4v) is 2.52. The zero-order chi connectivity index (χ0) is 14.7. The Morgan fingerprint density at radius 1 is 1.35 bits per heavy atom. The van der Waals surface area contributed by atoms with E-state index < -0.39 is 0 Å². The summed E-state index contributed by atoms with van der Waals surface area (Å²) >= 11 is 12.0. The Morgan fingerprint density at radius 3 is 2.75 bits per heavy atom. The number of hydrogen-bond donors (Lipinski definition) is 0. The first-order valence-corrected chi connectivity index (χ1v) is 7.85. The summed E-state index contributed by atoms with van der Waals surface area (Å²) < 4.78 is 2.24. The van der Waals surface area contributed by atoms with Crippen molar-refractivity contribution in [3.63, 3.8) is 0 Å². The number of imidazole rings is 1. The highest BCUT2D eigenvalue weighted by molar-refractivity contribution is 6.31. The van der Waals surface area contributed by atoms with Gasteiger partial charge in [0, 0.05) is 36.5 Å². The van der Waals surface area contributed by atoms with Gasteiger partial charge in [-0.1, -0.05) is 11.6 Å². The smallest absolute Gasteiger partial charge is 0.111 e. The fourth-order valence-electron chi connectivity index (χ4n) is 2.19. The maximum absolute atomic E-state index is 6.11. The molecule has 0 amide bonds. The highest BCUT2D eigenvalue weighted by Crippen LogP contribution is 2.21. The molecule has 0 bridgehead atoms. The fraction of sp³-hybridized carbons (Fsp3) is 0.533. The molecular weight excluding hydrogens is 293 g/mol. The molecule has 0 atom stereocenters. The molecule has 0 aliphatic rings. The zero-order valence-electron chi connectivity index (χ0n) is 12.2. The number of likely N-dealkylation sites (N-methyl/N-ethyl adjacent to an activating group) is 1. The van der Waals surface area contributed by atoms with Crippen LogP contribution in [0.25, 0.3) is 11.0 Å². The number of benzene rings is 1. The molecule has 2 rings (SSSR count). The van der Waals surface area contributed by atoms with Gasteiger partial charge < -0.3 is 9.47 Å². The van der Waals surface area contributed by atoms with Crippen LogP contribution in [0.4, 0.5) is 0 Å². The van der Waals surface area contributed by atoms with Crippen molar-refractivity contribution in [3.05, 3.63) is 29.0 Å². The topological polar surface area (TPSA) is 21.1 Å². The van der Waals surface area contributed by atoms with E-state index in [-0.39, 0.29) is 0 Å². The van der Waals surface area contributed by atoms with Crippen molar-refractivity contribution in [2.45, 2.75) is 32.9 Å². The largest absolute Gasteiger partial charge is 0.327 e. The summed E-state index contributed by atoms with van der Waals surface area (Å²) in [6.45, 7) is 6.27. The molecule has 1 aromatic carbocycles. The van der Waals surface area contributed by atoms with E-state index >= 15 is 0 Å². The third-order valence-corrected chi connectivity index (χ3v) is 4.09. The second-order valence-corrected chi connectivity index (χ2v) is 6.14. The molecule has 3 nitrogen and oxygen atoms in total. The Kier molecular flexibility index (Phi) is 5.30. The van der Waals surface area contributed by atoms with Gasteiger partial charge in [-0.25, -0.2) is 4.98 Å². The third kappa shape index (κ3) is 3.46. The molecule has 0 unspecified atom stereocenters. The Balaban J connectivity index is 2.32. The summed E-state index contributed by atoms with van der Waals surface area (Å²) in [5.41, 5.74) is 2.08. The summed E-state index contributed by atoms with van der Waals surface area (Å²) in [7, 11) is 2.14. The van der Waals surface area contributed by atoms with E-state index in [4.69, 9.17) is 23.2 Å². The molecule has 0 spiro atoms. The van der Waals surface area contributed by atoms with Crippen LogP contribution in [-0.4, -0.2) is 40.0 Å². The molecule has 0 N–H and O–H groups in total. The van der Waals surface area contributed by atoms with Gasteiger partial charge in [0.05, 0.1) is 11.0 Å². The van der Waals surface area contributed by atoms with Crippen molar-refractivity contribution in [3.8, 4) is 0 Å². The number of nitrogens with zero attached hydrogens (tertiary/aromatic N) is 3. The molecule has 0 saturated heterocycles. The molecule has 0 aliphatic heterocycles. The number of alkyl halides is 1. The Hall–Kier alpha value is -0.770. The predicted molar refractivity (Wildman–Crippen MR) is 86.9 cm³/mol. The number of hydrogen-bond acceptors (Lipinski definition) is 2. The molecule has 110 valence electrons. The highest BCUT2D eigenvalue weighted by Gasteiger charge is 2.12. The normalized spacial score (nSPS) is 11.9. The number of aryl methyl sites for hydroxylation is 1. The van der Waals surface area contributed by atoms with Gasteiger partial charge in [0.1, 0.15) is 5.82 Å². The molecule has 0 fully saturated rings. The second-order valence-electron chi connectivity index (χ2n) is 5.33. The number of fused-ring (bicyclic) bond motifs is 1. The van der Waals surface area contributed by atoms with Crippen LogP contribution in [-0.2, 0) is 13.0 Å². The van der Waals surface area contributed by atoms with E-state index in [1.165, 1.54) is 0 Å². The molecule has 5 heteroatoms. The average Bonchev–Trinajstić information content (AvgIpc) is 2.73. The van der Waals surface area contributed by atoms with Crippen molar-refractivity contribution < 1.29 is 0 Å². The van der Waals surface area contributed by atoms with Crippen LogP contribution < -0.4 is 0 Å². The van der Waals surface area contributed by atoms with E-state index in [0.717, 1.165) is 41.4 Å². The Morgan fingerprint density at radius 2 is 2.10 bits per heavy atom. The molecule has 2 aromatic rings. The third-order valence-electron chi connectivity index (χ3n) is 3.67. The predicted octanol–water partition coefficient (Wildman–Crippen LogP) is 3.81. The molecular formula is C15H21Cl2N3. The molecule has 1 aromatic heterocycles. The van der Waals surface area contributed by atoms with Crippen LogP contribution in [0.1, 0.15) is 19.7 Å².